The molecule has 5 saturated carbocycles. The molecule has 12 nitrogen and oxygen atoms in total. The van der Waals surface area contributed by atoms with Crippen LogP contribution in [0.2, 0.25) is 0 Å². The van der Waals surface area contributed by atoms with E-state index in [0.29, 0.717) is 65.1 Å². The Balaban J connectivity index is 0.000000210. The number of ether oxygens (including phenoxy) is 6. The molecule has 0 aromatic heterocycles. The molecule has 5 aliphatic carbocycles. The van der Waals surface area contributed by atoms with Gasteiger partial charge in [0.05, 0.1) is 44.7 Å². The molecule has 2 unspecified atom stereocenters. The third kappa shape index (κ3) is 24.0. The number of unbranched alkanes of at least 4 members (excludes halogenated alkanes) is 1. The van der Waals surface area contributed by atoms with E-state index in [0.717, 1.165) is 49.8 Å². The zero-order chi connectivity index (χ0) is 73.4. The molecule has 0 saturated heterocycles. The molecular formula is C92H100O12S3. The second-order valence-electron chi connectivity index (χ2n) is 26.7. The van der Waals surface area contributed by atoms with Crippen molar-refractivity contribution in [2.24, 2.45) is 17.3 Å². The van der Waals surface area contributed by atoms with Gasteiger partial charge >= 0.3 is 35.8 Å². The third-order valence-electron chi connectivity index (χ3n) is 18.1. The van der Waals surface area contributed by atoms with Crippen LogP contribution in [0.1, 0.15) is 111 Å². The van der Waals surface area contributed by atoms with E-state index in [1.165, 1.54) is 58.9 Å². The summed E-state index contributed by atoms with van der Waals surface area (Å²) in [5, 5.41) is 0. The van der Waals surface area contributed by atoms with Crippen molar-refractivity contribution in [1.29, 1.82) is 0 Å². The summed E-state index contributed by atoms with van der Waals surface area (Å²) in [7, 11) is -0.670. The molecule has 5 aliphatic rings. The lowest BCUT2D eigenvalue weighted by Crippen LogP contribution is -2.60. The first-order valence-electron chi connectivity index (χ1n) is 35.4. The van der Waals surface area contributed by atoms with Crippen molar-refractivity contribution in [1.82, 2.24) is 0 Å². The minimum absolute atomic E-state index is 0. The van der Waals surface area contributed by atoms with Gasteiger partial charge in [-0.3, -0.25) is 14.4 Å². The second-order valence-corrected chi connectivity index (χ2v) is 32.8. The average Bonchev–Trinajstić information content (AvgIpc) is 0.957. The molecule has 0 radical (unpaired) electrons. The van der Waals surface area contributed by atoms with E-state index >= 15 is 0 Å². The zero-order valence-electron chi connectivity index (χ0n) is 62.6. The van der Waals surface area contributed by atoms with Gasteiger partial charge in [-0.05, 0) is 249 Å². The summed E-state index contributed by atoms with van der Waals surface area (Å²) in [6.07, 6.45) is 11.0. The van der Waals surface area contributed by atoms with Crippen LogP contribution in [0.4, 0.5) is 0 Å². The molecule has 0 aliphatic heterocycles. The quantitative estimate of drug-likeness (QED) is 0.0114. The Bertz CT molecular complexity index is 4210. The normalized spacial score (nSPS) is 17.0. The lowest BCUT2D eigenvalue weighted by Gasteiger charge is -2.59. The van der Waals surface area contributed by atoms with Crippen LogP contribution in [-0.2, 0) is 75.7 Å². The maximum absolute atomic E-state index is 13.7. The Labute approximate surface area is 643 Å². The topological polar surface area (TPSA) is 158 Å². The van der Waals surface area contributed by atoms with Crippen LogP contribution in [0.15, 0.2) is 335 Å². The monoisotopic (exact) mass is 1490 g/mol. The first-order chi connectivity index (χ1) is 50.3. The van der Waals surface area contributed by atoms with Gasteiger partial charge in [0, 0.05) is 36.5 Å². The summed E-state index contributed by atoms with van der Waals surface area (Å²) >= 11 is 0. The van der Waals surface area contributed by atoms with E-state index < -0.39 is 17.0 Å². The Morgan fingerprint density at radius 3 is 1.06 bits per heavy atom. The van der Waals surface area contributed by atoms with Crippen LogP contribution in [0.5, 0.6) is 17.2 Å². The molecule has 0 heterocycles. The Hall–Kier alpha value is -9.93. The first kappa shape index (κ1) is 84.3. The van der Waals surface area contributed by atoms with Crippen molar-refractivity contribution in [3.63, 3.8) is 0 Å². The van der Waals surface area contributed by atoms with E-state index in [2.05, 4.69) is 153 Å². The van der Waals surface area contributed by atoms with E-state index in [9.17, 15) is 28.8 Å². The van der Waals surface area contributed by atoms with Crippen LogP contribution in [0.3, 0.4) is 0 Å². The summed E-state index contributed by atoms with van der Waals surface area (Å²) < 4.78 is 32.8. The fourth-order valence-corrected chi connectivity index (χ4v) is 20.0. The minimum Gasteiger partial charge on any atom is -0.462 e. The molecular weight excluding hydrogens is 1390 g/mol. The lowest BCUT2D eigenvalue weighted by molar-refractivity contribution is -0.206. The standard InChI is InChI=1S/C33H33O4S.C27H27O4S.C20H17O2S.C9H14O2.3CH3/c1-23(2)30(34)37-33-20-24-17-25(21-33)19-32(18-24,22-33)31(35)36-26-13-15-29(16-14-26)38(27-9-5-3-6-10-27)28-11-7-4-8-12-28;1-21(2)27(29)30-20-10-9-15-26(28)31-22-16-18-25(19-17-22)32(23-11-5-3-6-12-23)24-13-7-4-8-14-24;1-16(21)22-17-12-14-20(15-13-17)23(18-8-4-2-5-9-18)19-10-6-3-7-11-19;1-7(2)9(10)11-8-5-3-4-6-8;;;/h3-16,24-25H,1,17-22H2,2H3;3-8,11-14,16-19H,1,9-10,15,20H2,2H3;2-15H,1H3;8H,1,3-6H2,2H3;3*1H3/q3*+1;;3*-1. The predicted molar refractivity (Wildman–Crippen MR) is 430 cm³/mol. The number of hydrogen-bond acceptors (Lipinski definition) is 12. The van der Waals surface area contributed by atoms with Gasteiger partial charge in [0.1, 0.15) is 29.0 Å². The number of benzene rings is 9. The summed E-state index contributed by atoms with van der Waals surface area (Å²) in [5.74, 6) is 0.672. The molecule has 107 heavy (non-hydrogen) atoms. The fraction of sp³-hybridized carbons (Fsp3) is 0.250. The summed E-state index contributed by atoms with van der Waals surface area (Å²) in [6.45, 7) is 17.5. The van der Waals surface area contributed by atoms with Crippen LogP contribution >= 0.6 is 0 Å². The highest BCUT2D eigenvalue weighted by atomic mass is 32.2. The van der Waals surface area contributed by atoms with Crippen molar-refractivity contribution < 1.29 is 57.2 Å². The van der Waals surface area contributed by atoms with Gasteiger partial charge in [-0.15, -0.1) is 0 Å². The molecule has 14 rings (SSSR count). The lowest BCUT2D eigenvalue weighted by atomic mass is 9.48. The van der Waals surface area contributed by atoms with Gasteiger partial charge in [-0.1, -0.05) is 129 Å². The molecule has 5 fully saturated rings. The SMILES string of the molecule is C=C(C)C(=O)OC12CC3CC(C1)CC(C(=O)Oc1ccc([S+](c4ccccc4)c4ccccc4)cc1)(C3)C2.C=C(C)C(=O)OC1CCCC1.C=C(C)C(=O)OCCCCC(=O)Oc1ccc([S+](c2ccccc2)c2ccccc2)cc1.CC(=O)Oc1ccc([S+](c2ccccc2)c2ccccc2)cc1.[CH3-].[CH3-].[CH3-]. The Morgan fingerprint density at radius 2 is 0.720 bits per heavy atom. The summed E-state index contributed by atoms with van der Waals surface area (Å²) in [5.41, 5.74) is 0.119. The second kappa shape index (κ2) is 41.3. The molecule has 0 N–H and O–H groups in total. The van der Waals surface area contributed by atoms with Crippen molar-refractivity contribution in [3.05, 3.63) is 314 Å². The molecule has 2 atom stereocenters. The first-order valence-corrected chi connectivity index (χ1v) is 39.0. The van der Waals surface area contributed by atoms with Gasteiger partial charge in [0.15, 0.2) is 44.1 Å². The molecule has 558 valence electrons. The number of esters is 6. The number of hydrogen-bond donors (Lipinski definition) is 0. The van der Waals surface area contributed by atoms with Crippen LogP contribution < -0.4 is 14.2 Å². The molecule has 0 spiro atoms. The molecule has 15 heteroatoms. The zero-order valence-corrected chi connectivity index (χ0v) is 65.1. The van der Waals surface area contributed by atoms with Crippen molar-refractivity contribution in [3.8, 4) is 17.2 Å². The number of carbonyl (C=O) groups is 6. The van der Waals surface area contributed by atoms with E-state index in [4.69, 9.17) is 28.4 Å². The van der Waals surface area contributed by atoms with Gasteiger partial charge in [-0.2, -0.15) is 0 Å². The molecule has 4 bridgehead atoms. The average molecular weight is 1490 g/mol. The van der Waals surface area contributed by atoms with Gasteiger partial charge in [0.25, 0.3) is 0 Å². The van der Waals surface area contributed by atoms with E-state index in [1.54, 1.807) is 20.8 Å². The van der Waals surface area contributed by atoms with E-state index in [-0.39, 0.29) is 104 Å². The maximum atomic E-state index is 13.7. The largest absolute Gasteiger partial charge is 0.462 e. The van der Waals surface area contributed by atoms with Crippen LogP contribution in [-0.4, -0.2) is 54.1 Å². The number of carbonyl (C=O) groups excluding carboxylic acids is 6. The highest BCUT2D eigenvalue weighted by molar-refractivity contribution is 7.97. The van der Waals surface area contributed by atoms with E-state index in [1.807, 2.05) is 121 Å². The smallest absolute Gasteiger partial charge is 0.333 e. The minimum atomic E-state index is -0.587. The fourth-order valence-electron chi connectivity index (χ4n) is 13.8. The van der Waals surface area contributed by atoms with Gasteiger partial charge in [0.2, 0.25) is 0 Å². The summed E-state index contributed by atoms with van der Waals surface area (Å²) in [4.78, 5) is 82.6. The van der Waals surface area contributed by atoms with Gasteiger partial charge < -0.3 is 50.7 Å². The van der Waals surface area contributed by atoms with Crippen molar-refractivity contribution in [2.75, 3.05) is 6.61 Å². The van der Waals surface area contributed by atoms with Crippen LogP contribution in [0, 0.1) is 39.5 Å². The number of rotatable bonds is 23. The molecule has 0 amide bonds. The van der Waals surface area contributed by atoms with Gasteiger partial charge in [-0.25, -0.2) is 14.4 Å². The molecule has 9 aromatic rings. The van der Waals surface area contributed by atoms with Crippen molar-refractivity contribution >= 4 is 68.5 Å². The summed E-state index contributed by atoms with van der Waals surface area (Å²) in [6, 6.07) is 86.1. The predicted octanol–water partition coefficient (Wildman–Crippen LogP) is 21.2. The maximum Gasteiger partial charge on any atom is 0.333 e. The van der Waals surface area contributed by atoms with Crippen LogP contribution in [0.25, 0.3) is 0 Å². The Kier molecular flexibility index (Phi) is 32.5. The Morgan fingerprint density at radius 1 is 0.393 bits per heavy atom. The third-order valence-corrected chi connectivity index (χ3v) is 24.8. The molecule has 9 aromatic carbocycles. The highest BCUT2D eigenvalue weighted by Gasteiger charge is 2.63. The van der Waals surface area contributed by atoms with Crippen molar-refractivity contribution in [2.45, 2.75) is 167 Å². The highest BCUT2D eigenvalue weighted by Crippen LogP contribution is 2.63.